The second-order valence-electron chi connectivity index (χ2n) is 2.90. The third kappa shape index (κ3) is 2.15. The average molecular weight is 220 g/mol. The highest BCUT2D eigenvalue weighted by atomic mass is 16.6. The highest BCUT2D eigenvalue weighted by Gasteiger charge is 2.28. The van der Waals surface area contributed by atoms with Crippen molar-refractivity contribution in [3.63, 3.8) is 0 Å². The van der Waals surface area contributed by atoms with Gasteiger partial charge in [0.25, 0.3) is 5.69 Å². The number of benzene rings is 1. The molecule has 0 fully saturated rings. The van der Waals surface area contributed by atoms with Gasteiger partial charge in [0, 0.05) is 6.07 Å². The van der Waals surface area contributed by atoms with Gasteiger partial charge < -0.3 is 4.74 Å². The Hall–Kier alpha value is -2.42. The molecule has 0 heterocycles. The van der Waals surface area contributed by atoms with E-state index in [4.69, 9.17) is 5.26 Å². The van der Waals surface area contributed by atoms with Gasteiger partial charge in [0.1, 0.15) is 0 Å². The maximum absolute atomic E-state index is 11.3. The van der Waals surface area contributed by atoms with Crippen LogP contribution in [0.15, 0.2) is 24.3 Å². The van der Waals surface area contributed by atoms with Crippen LogP contribution in [-0.2, 0) is 9.53 Å². The van der Waals surface area contributed by atoms with Crippen LogP contribution >= 0.6 is 0 Å². The number of nitro groups is 1. The van der Waals surface area contributed by atoms with Crippen LogP contribution in [0.4, 0.5) is 5.69 Å². The normalized spacial score (nSPS) is 11.2. The lowest BCUT2D eigenvalue weighted by Gasteiger charge is -2.06. The largest absolute Gasteiger partial charge is 0.468 e. The van der Waals surface area contributed by atoms with Crippen LogP contribution in [-0.4, -0.2) is 18.0 Å². The molecule has 1 atom stereocenters. The van der Waals surface area contributed by atoms with Crippen molar-refractivity contribution in [1.82, 2.24) is 0 Å². The summed E-state index contributed by atoms with van der Waals surface area (Å²) in [7, 11) is 1.13. The Morgan fingerprint density at radius 2 is 2.19 bits per heavy atom. The minimum absolute atomic E-state index is 0.0434. The van der Waals surface area contributed by atoms with Crippen molar-refractivity contribution in [2.45, 2.75) is 5.92 Å². The van der Waals surface area contributed by atoms with Crippen molar-refractivity contribution < 1.29 is 14.5 Å². The van der Waals surface area contributed by atoms with E-state index in [-0.39, 0.29) is 11.3 Å². The first-order valence-corrected chi connectivity index (χ1v) is 4.32. The van der Waals surface area contributed by atoms with Crippen LogP contribution in [0.2, 0.25) is 0 Å². The Morgan fingerprint density at radius 1 is 1.56 bits per heavy atom. The minimum atomic E-state index is -1.27. The first-order chi connectivity index (χ1) is 7.61. The van der Waals surface area contributed by atoms with Crippen LogP contribution in [0.3, 0.4) is 0 Å². The molecule has 16 heavy (non-hydrogen) atoms. The predicted octanol–water partition coefficient (Wildman–Crippen LogP) is 1.37. The standard InChI is InChI=1S/C10H8N2O4/c1-16-10(13)8(6-11)7-4-2-3-5-9(7)12(14)15/h2-5,8H,1H3/t8-/m0/s1. The first kappa shape index (κ1) is 11.7. The zero-order chi connectivity index (χ0) is 12.1. The molecule has 0 spiro atoms. The van der Waals surface area contributed by atoms with Crippen LogP contribution in [0, 0.1) is 21.4 Å². The molecule has 0 saturated heterocycles. The number of hydrogen-bond acceptors (Lipinski definition) is 5. The Bertz CT molecular complexity index is 464. The van der Waals surface area contributed by atoms with Crippen LogP contribution in [0.25, 0.3) is 0 Å². The highest BCUT2D eigenvalue weighted by Crippen LogP contribution is 2.26. The van der Waals surface area contributed by atoms with Gasteiger partial charge in [0.05, 0.1) is 23.7 Å². The topological polar surface area (TPSA) is 93.2 Å². The maximum atomic E-state index is 11.3. The first-order valence-electron chi connectivity index (χ1n) is 4.32. The fraction of sp³-hybridized carbons (Fsp3) is 0.200. The lowest BCUT2D eigenvalue weighted by Crippen LogP contribution is -2.13. The minimum Gasteiger partial charge on any atom is -0.468 e. The quantitative estimate of drug-likeness (QED) is 0.435. The summed E-state index contributed by atoms with van der Waals surface area (Å²) >= 11 is 0. The third-order valence-electron chi connectivity index (χ3n) is 2.01. The van der Waals surface area contributed by atoms with Crippen molar-refractivity contribution in [3.8, 4) is 6.07 Å². The second kappa shape index (κ2) is 4.89. The number of nitriles is 1. The van der Waals surface area contributed by atoms with E-state index in [2.05, 4.69) is 4.74 Å². The number of nitro benzene ring substituents is 1. The average Bonchev–Trinajstić information content (AvgIpc) is 2.30. The number of hydrogen-bond donors (Lipinski definition) is 0. The molecule has 0 aliphatic carbocycles. The van der Waals surface area contributed by atoms with E-state index in [1.807, 2.05) is 0 Å². The summed E-state index contributed by atoms with van der Waals surface area (Å²) in [6.07, 6.45) is 0. The number of ether oxygens (including phenoxy) is 1. The molecule has 1 aromatic rings. The zero-order valence-electron chi connectivity index (χ0n) is 8.41. The molecule has 0 radical (unpaired) electrons. The summed E-state index contributed by atoms with van der Waals surface area (Å²) in [6.45, 7) is 0. The number of para-hydroxylation sites is 1. The van der Waals surface area contributed by atoms with E-state index < -0.39 is 16.8 Å². The summed E-state index contributed by atoms with van der Waals surface area (Å²) < 4.78 is 4.41. The van der Waals surface area contributed by atoms with Gasteiger partial charge in [-0.05, 0) is 0 Å². The number of carbonyl (C=O) groups excluding carboxylic acids is 1. The maximum Gasteiger partial charge on any atom is 0.327 e. The van der Waals surface area contributed by atoms with E-state index in [1.165, 1.54) is 24.3 Å². The molecule has 0 saturated carbocycles. The van der Waals surface area contributed by atoms with Gasteiger partial charge in [-0.15, -0.1) is 0 Å². The summed E-state index contributed by atoms with van der Waals surface area (Å²) in [5, 5.41) is 19.5. The number of carbonyl (C=O) groups is 1. The smallest absolute Gasteiger partial charge is 0.327 e. The van der Waals surface area contributed by atoms with Gasteiger partial charge in [0.15, 0.2) is 5.92 Å². The van der Waals surface area contributed by atoms with E-state index >= 15 is 0 Å². The van der Waals surface area contributed by atoms with Crippen LogP contribution < -0.4 is 0 Å². The molecule has 0 amide bonds. The van der Waals surface area contributed by atoms with Crippen molar-refractivity contribution in [3.05, 3.63) is 39.9 Å². The molecule has 0 N–H and O–H groups in total. The van der Waals surface area contributed by atoms with Crippen LogP contribution in [0.1, 0.15) is 11.5 Å². The van der Waals surface area contributed by atoms with Gasteiger partial charge in [-0.1, -0.05) is 18.2 Å². The zero-order valence-corrected chi connectivity index (χ0v) is 8.41. The molecule has 1 aromatic carbocycles. The fourth-order valence-corrected chi connectivity index (χ4v) is 1.26. The molecule has 6 nitrogen and oxygen atoms in total. The molecule has 0 bridgehead atoms. The summed E-state index contributed by atoms with van der Waals surface area (Å²) in [6, 6.07) is 7.28. The van der Waals surface area contributed by atoms with Crippen LogP contribution in [0.5, 0.6) is 0 Å². The fourth-order valence-electron chi connectivity index (χ4n) is 1.26. The van der Waals surface area contributed by atoms with Crippen molar-refractivity contribution in [2.24, 2.45) is 0 Å². The Morgan fingerprint density at radius 3 is 2.69 bits per heavy atom. The van der Waals surface area contributed by atoms with Gasteiger partial charge in [-0.25, -0.2) is 0 Å². The Balaban J connectivity index is 3.26. The second-order valence-corrected chi connectivity index (χ2v) is 2.90. The molecule has 6 heteroatoms. The summed E-state index contributed by atoms with van der Waals surface area (Å²) in [5.41, 5.74) is -0.221. The van der Waals surface area contributed by atoms with E-state index in [9.17, 15) is 14.9 Å². The van der Waals surface area contributed by atoms with E-state index in [0.717, 1.165) is 7.11 Å². The van der Waals surface area contributed by atoms with E-state index in [0.29, 0.717) is 0 Å². The van der Waals surface area contributed by atoms with Crippen molar-refractivity contribution in [1.29, 1.82) is 5.26 Å². The molecule has 0 unspecified atom stereocenters. The SMILES string of the molecule is COC(=O)[C@@H](C#N)c1ccccc1[N+](=O)[O-]. The number of nitrogens with zero attached hydrogens (tertiary/aromatic N) is 2. The Labute approximate surface area is 91.2 Å². The molecule has 0 aliphatic rings. The molecule has 0 aliphatic heterocycles. The highest BCUT2D eigenvalue weighted by molar-refractivity contribution is 5.82. The summed E-state index contributed by atoms with van der Waals surface area (Å²) in [5.74, 6) is -2.08. The monoisotopic (exact) mass is 220 g/mol. The van der Waals surface area contributed by atoms with Gasteiger partial charge >= 0.3 is 5.97 Å². The van der Waals surface area contributed by atoms with Gasteiger partial charge in [0.2, 0.25) is 0 Å². The van der Waals surface area contributed by atoms with Crippen molar-refractivity contribution >= 4 is 11.7 Å². The molecule has 0 aromatic heterocycles. The number of rotatable bonds is 3. The molecule has 1 rings (SSSR count). The van der Waals surface area contributed by atoms with Gasteiger partial charge in [-0.3, -0.25) is 14.9 Å². The van der Waals surface area contributed by atoms with Gasteiger partial charge in [-0.2, -0.15) is 5.26 Å². The molecule has 82 valence electrons. The Kier molecular flexibility index (Phi) is 3.56. The predicted molar refractivity (Wildman–Crippen MR) is 53.5 cm³/mol. The third-order valence-corrected chi connectivity index (χ3v) is 2.01. The van der Waals surface area contributed by atoms with Crippen molar-refractivity contribution in [2.75, 3.05) is 7.11 Å². The number of methoxy groups -OCH3 is 1. The molecular formula is C10H8N2O4. The lowest BCUT2D eigenvalue weighted by atomic mass is 9.99. The van der Waals surface area contributed by atoms with E-state index in [1.54, 1.807) is 6.07 Å². The molecular weight excluding hydrogens is 212 g/mol. The number of esters is 1. The lowest BCUT2D eigenvalue weighted by molar-refractivity contribution is -0.385. The summed E-state index contributed by atoms with van der Waals surface area (Å²) in [4.78, 5) is 21.3.